The number of aliphatic hydroxyl groups excluding tert-OH is 1. The van der Waals surface area contributed by atoms with Crippen LogP contribution in [0.5, 0.6) is 11.5 Å². The Morgan fingerprint density at radius 2 is 1.73 bits per heavy atom. The Hall–Kier alpha value is -1.47. The molecule has 22 heavy (non-hydrogen) atoms. The average Bonchev–Trinajstić information content (AvgIpc) is 2.46. The van der Waals surface area contributed by atoms with E-state index in [-0.39, 0.29) is 12.2 Å². The maximum absolute atomic E-state index is 12.5. The minimum Gasteiger partial charge on any atom is -0.507 e. The van der Waals surface area contributed by atoms with Gasteiger partial charge in [0.2, 0.25) is 0 Å². The SMILES string of the molecule is CCCCOC1([OH2+])C=C(O)c2c(O)c(Cl)c(Cl)c(O)c2C1=O. The van der Waals surface area contributed by atoms with Crippen molar-refractivity contribution in [3.05, 3.63) is 27.2 Å². The third kappa shape index (κ3) is 2.52. The molecular weight excluding hydrogens is 335 g/mol. The summed E-state index contributed by atoms with van der Waals surface area (Å²) in [4.78, 5) is 12.5. The third-order valence-corrected chi connectivity index (χ3v) is 4.15. The van der Waals surface area contributed by atoms with Crippen molar-refractivity contribution < 1.29 is 30.0 Å². The Morgan fingerprint density at radius 1 is 1.18 bits per heavy atom. The summed E-state index contributed by atoms with van der Waals surface area (Å²) in [5.74, 6) is -5.08. The Kier molecular flexibility index (Phi) is 4.58. The lowest BCUT2D eigenvalue weighted by atomic mass is 9.89. The van der Waals surface area contributed by atoms with Gasteiger partial charge in [-0.05, 0) is 6.42 Å². The number of phenolic OH excluding ortho intramolecular Hbond substituents is 2. The number of carbonyl (C=O) groups excluding carboxylic acids is 1. The fourth-order valence-electron chi connectivity index (χ4n) is 2.14. The topological polar surface area (TPSA) is 110 Å². The summed E-state index contributed by atoms with van der Waals surface area (Å²) in [5.41, 5.74) is -0.850. The van der Waals surface area contributed by atoms with Crippen molar-refractivity contribution in [2.24, 2.45) is 0 Å². The molecule has 1 aliphatic carbocycles. The van der Waals surface area contributed by atoms with E-state index in [1.54, 1.807) is 0 Å². The highest BCUT2D eigenvalue weighted by atomic mass is 35.5. The molecule has 0 radical (unpaired) electrons. The van der Waals surface area contributed by atoms with Crippen LogP contribution in [0.1, 0.15) is 35.7 Å². The van der Waals surface area contributed by atoms with Crippen molar-refractivity contribution in [1.82, 2.24) is 0 Å². The first-order chi connectivity index (χ1) is 10.2. The van der Waals surface area contributed by atoms with Crippen LogP contribution in [0.3, 0.4) is 0 Å². The highest BCUT2D eigenvalue weighted by Gasteiger charge is 2.50. The Morgan fingerprint density at radius 3 is 2.27 bits per heavy atom. The molecule has 120 valence electrons. The smallest absolute Gasteiger partial charge is 0.364 e. The number of aliphatic hydroxyl groups is 1. The summed E-state index contributed by atoms with van der Waals surface area (Å²) in [5, 5.41) is 37.2. The van der Waals surface area contributed by atoms with Crippen molar-refractivity contribution in [3.8, 4) is 11.5 Å². The molecular formula is C14H15Cl2O6+. The highest BCUT2D eigenvalue weighted by molar-refractivity contribution is 6.44. The molecule has 1 unspecified atom stereocenters. The zero-order chi connectivity index (χ0) is 16.7. The maximum atomic E-state index is 12.5. The molecule has 0 aromatic heterocycles. The van der Waals surface area contributed by atoms with Gasteiger partial charge < -0.3 is 20.4 Å². The van der Waals surface area contributed by atoms with Crippen molar-refractivity contribution in [2.45, 2.75) is 25.6 Å². The molecule has 0 spiro atoms. The molecule has 1 aromatic carbocycles. The van der Waals surface area contributed by atoms with E-state index in [9.17, 15) is 20.1 Å². The number of rotatable bonds is 4. The lowest BCUT2D eigenvalue weighted by molar-refractivity contribution is -0.133. The molecule has 8 heteroatoms. The molecule has 0 aliphatic heterocycles. The van der Waals surface area contributed by atoms with Gasteiger partial charge in [0.1, 0.15) is 27.3 Å². The van der Waals surface area contributed by atoms with Crippen molar-refractivity contribution in [3.63, 3.8) is 0 Å². The molecule has 0 saturated carbocycles. The summed E-state index contributed by atoms with van der Waals surface area (Å²) in [6.45, 7) is 2.04. The number of fused-ring (bicyclic) bond motifs is 1. The molecule has 0 saturated heterocycles. The molecule has 1 atom stereocenters. The predicted molar refractivity (Wildman–Crippen MR) is 81.9 cm³/mol. The van der Waals surface area contributed by atoms with Gasteiger partial charge in [-0.25, -0.2) is 0 Å². The van der Waals surface area contributed by atoms with E-state index in [2.05, 4.69) is 0 Å². The highest BCUT2D eigenvalue weighted by Crippen LogP contribution is 2.49. The standard InChI is InChI=1S/C14H14Cl2O6/c1-2-3-4-22-14(21)5-6(17)7-8(13(14)20)12(19)10(16)9(15)11(7)18/h5,17-19,21H,2-4H2,1H3/p+1. The number of unbranched alkanes of at least 4 members (excludes halogenated alkanes) is 1. The normalized spacial score (nSPS) is 20.7. The number of hydrogen-bond acceptors (Lipinski definition) is 5. The van der Waals surface area contributed by atoms with Crippen molar-refractivity contribution in [2.75, 3.05) is 6.61 Å². The van der Waals surface area contributed by atoms with Crippen LogP contribution in [-0.2, 0) is 4.74 Å². The molecule has 2 rings (SSSR count). The number of benzene rings is 1. The first-order valence-corrected chi connectivity index (χ1v) is 7.29. The molecule has 0 amide bonds. The van der Waals surface area contributed by atoms with Crippen LogP contribution in [0.2, 0.25) is 10.0 Å². The Labute approximate surface area is 136 Å². The number of halogens is 2. The van der Waals surface area contributed by atoms with Crippen LogP contribution in [0.15, 0.2) is 6.08 Å². The van der Waals surface area contributed by atoms with E-state index >= 15 is 0 Å². The van der Waals surface area contributed by atoms with Crippen LogP contribution in [0.25, 0.3) is 5.76 Å². The van der Waals surface area contributed by atoms with Crippen LogP contribution in [0, 0.1) is 0 Å². The van der Waals surface area contributed by atoms with Gasteiger partial charge in [0.05, 0.1) is 23.8 Å². The second-order valence-electron chi connectivity index (χ2n) is 4.87. The van der Waals surface area contributed by atoms with Crippen LogP contribution >= 0.6 is 23.2 Å². The Balaban J connectivity index is 2.60. The summed E-state index contributed by atoms with van der Waals surface area (Å²) in [6.07, 6.45) is 2.27. The molecule has 0 fully saturated rings. The number of Topliss-reactive ketones (excluding diaryl/α,β-unsaturated/α-hetero) is 1. The molecule has 0 heterocycles. The molecule has 1 aromatic rings. The quantitative estimate of drug-likeness (QED) is 0.335. The zero-order valence-corrected chi connectivity index (χ0v) is 13.1. The van der Waals surface area contributed by atoms with Gasteiger partial charge in [-0.15, -0.1) is 0 Å². The fraction of sp³-hybridized carbons (Fsp3) is 0.357. The van der Waals surface area contributed by atoms with E-state index < -0.39 is 44.4 Å². The fourth-order valence-corrected chi connectivity index (χ4v) is 2.50. The molecule has 1 aliphatic rings. The summed E-state index contributed by atoms with van der Waals surface area (Å²) < 4.78 is 5.23. The molecule has 5 N–H and O–H groups in total. The minimum atomic E-state index is -2.20. The van der Waals surface area contributed by atoms with Crippen LogP contribution < -0.4 is 0 Å². The van der Waals surface area contributed by atoms with Gasteiger partial charge >= 0.3 is 5.79 Å². The van der Waals surface area contributed by atoms with E-state index in [0.717, 1.165) is 12.5 Å². The third-order valence-electron chi connectivity index (χ3n) is 3.32. The number of hydrogen-bond donors (Lipinski definition) is 3. The summed E-state index contributed by atoms with van der Waals surface area (Å²) in [7, 11) is 0. The minimum absolute atomic E-state index is 0.124. The second kappa shape index (κ2) is 5.96. The zero-order valence-electron chi connectivity index (χ0n) is 11.6. The van der Waals surface area contributed by atoms with E-state index in [0.29, 0.717) is 6.42 Å². The maximum Gasteiger partial charge on any atom is 0.364 e. The number of ether oxygens (including phenoxy) is 1. The van der Waals surface area contributed by atoms with Crippen molar-refractivity contribution in [1.29, 1.82) is 0 Å². The van der Waals surface area contributed by atoms with Crippen LogP contribution in [-0.4, -0.2) is 38.6 Å². The van der Waals surface area contributed by atoms with Gasteiger partial charge in [-0.2, -0.15) is 0 Å². The number of carbonyl (C=O) groups is 1. The van der Waals surface area contributed by atoms with E-state index in [1.807, 2.05) is 6.92 Å². The summed E-state index contributed by atoms with van der Waals surface area (Å²) in [6, 6.07) is 0. The van der Waals surface area contributed by atoms with Gasteiger partial charge in [-0.3, -0.25) is 9.53 Å². The van der Waals surface area contributed by atoms with E-state index in [4.69, 9.17) is 33.0 Å². The van der Waals surface area contributed by atoms with Crippen LogP contribution in [0.4, 0.5) is 0 Å². The van der Waals surface area contributed by atoms with Gasteiger partial charge in [0.25, 0.3) is 5.78 Å². The molecule has 0 bridgehead atoms. The van der Waals surface area contributed by atoms with Gasteiger partial charge in [-0.1, -0.05) is 36.5 Å². The van der Waals surface area contributed by atoms with Gasteiger partial charge in [0, 0.05) is 0 Å². The van der Waals surface area contributed by atoms with E-state index in [1.165, 1.54) is 0 Å². The average molecular weight is 350 g/mol. The lowest BCUT2D eigenvalue weighted by Gasteiger charge is -2.26. The van der Waals surface area contributed by atoms with Gasteiger partial charge in [0.15, 0.2) is 0 Å². The summed E-state index contributed by atoms with van der Waals surface area (Å²) >= 11 is 11.5. The lowest BCUT2D eigenvalue weighted by Crippen LogP contribution is -2.42. The number of phenols is 2. The molecule has 6 nitrogen and oxygen atoms in total. The van der Waals surface area contributed by atoms with Crippen molar-refractivity contribution >= 4 is 34.7 Å². The number of ketones is 1. The first kappa shape index (κ1) is 16.9. The first-order valence-electron chi connectivity index (χ1n) is 6.53. The number of aromatic hydroxyl groups is 2. The monoisotopic (exact) mass is 349 g/mol. The predicted octanol–water partition coefficient (Wildman–Crippen LogP) is 2.74. The Bertz CT molecular complexity index is 670. The second-order valence-corrected chi connectivity index (χ2v) is 5.63. The largest absolute Gasteiger partial charge is 0.507 e.